The first-order chi connectivity index (χ1) is 18.0. The molecule has 0 atom stereocenters. The van der Waals surface area contributed by atoms with E-state index < -0.39 is 17.6 Å². The number of hydrazine groups is 1. The molecule has 9 heteroatoms. The number of nitrogens with one attached hydrogen (secondary N) is 2. The maximum atomic E-state index is 13.0. The Morgan fingerprint density at radius 2 is 1.74 bits per heavy atom. The van der Waals surface area contributed by atoms with Crippen molar-refractivity contribution in [1.29, 1.82) is 0 Å². The van der Waals surface area contributed by atoms with Crippen molar-refractivity contribution >= 4 is 40.3 Å². The average molecular weight is 528 g/mol. The summed E-state index contributed by atoms with van der Waals surface area (Å²) in [6.45, 7) is 7.14. The highest BCUT2D eigenvalue weighted by atomic mass is 35.5. The minimum atomic E-state index is -0.782. The standard InChI is InChI=1S/C29H26ClN5O3/c1-17-5-9-19(23(30)13-17)10-6-18-7-11-20(12-8-18)24-14-21(22-16-32-26(31)15-25(22)33-24)27(36)34-35-28(37)38-29(2,3)4/h5,7-9,11-16H,1-4H3,(H2,31,32)(H,34,36)(H,35,37). The summed E-state index contributed by atoms with van der Waals surface area (Å²) in [6, 6.07) is 16.4. The molecule has 0 saturated carbocycles. The fraction of sp³-hybridized carbons (Fsp3) is 0.172. The van der Waals surface area contributed by atoms with Crippen LogP contribution in [0.4, 0.5) is 10.6 Å². The average Bonchev–Trinajstić information content (AvgIpc) is 2.85. The molecular formula is C29H26ClN5O3. The van der Waals surface area contributed by atoms with Gasteiger partial charge in [-0.3, -0.25) is 10.2 Å². The predicted octanol–water partition coefficient (Wildman–Crippen LogP) is 5.41. The molecule has 38 heavy (non-hydrogen) atoms. The summed E-state index contributed by atoms with van der Waals surface area (Å²) in [5.41, 5.74) is 14.4. The van der Waals surface area contributed by atoms with E-state index in [1.54, 1.807) is 32.9 Å². The maximum Gasteiger partial charge on any atom is 0.426 e. The molecule has 4 aromatic rings. The van der Waals surface area contributed by atoms with Crippen LogP contribution in [0.1, 0.15) is 47.8 Å². The van der Waals surface area contributed by atoms with Crippen molar-refractivity contribution < 1.29 is 14.3 Å². The fourth-order valence-electron chi connectivity index (χ4n) is 3.54. The van der Waals surface area contributed by atoms with E-state index in [9.17, 15) is 9.59 Å². The number of anilines is 1. The fourth-order valence-corrected chi connectivity index (χ4v) is 3.82. The number of fused-ring (bicyclic) bond motifs is 1. The third-order valence-electron chi connectivity index (χ3n) is 5.28. The summed E-state index contributed by atoms with van der Waals surface area (Å²) in [5, 5.41) is 1.08. The number of hydrogen-bond donors (Lipinski definition) is 3. The van der Waals surface area contributed by atoms with Crippen molar-refractivity contribution in [2.24, 2.45) is 0 Å². The van der Waals surface area contributed by atoms with Crippen molar-refractivity contribution in [3.63, 3.8) is 0 Å². The summed E-state index contributed by atoms with van der Waals surface area (Å²) in [5.74, 6) is 5.91. The lowest BCUT2D eigenvalue weighted by Crippen LogP contribution is -2.44. The molecule has 0 saturated heterocycles. The molecule has 2 aromatic carbocycles. The molecule has 0 aliphatic heterocycles. The molecule has 192 valence electrons. The van der Waals surface area contributed by atoms with E-state index in [-0.39, 0.29) is 11.4 Å². The molecule has 8 nitrogen and oxygen atoms in total. The van der Waals surface area contributed by atoms with E-state index in [1.807, 2.05) is 49.4 Å². The Kier molecular flexibility index (Phi) is 7.51. The Morgan fingerprint density at radius 3 is 2.42 bits per heavy atom. The molecule has 0 radical (unpaired) electrons. The predicted molar refractivity (Wildman–Crippen MR) is 148 cm³/mol. The minimum Gasteiger partial charge on any atom is -0.443 e. The van der Waals surface area contributed by atoms with Gasteiger partial charge in [-0.05, 0) is 63.6 Å². The van der Waals surface area contributed by atoms with Gasteiger partial charge in [0.2, 0.25) is 0 Å². The van der Waals surface area contributed by atoms with E-state index in [1.165, 1.54) is 6.20 Å². The van der Waals surface area contributed by atoms with Crippen LogP contribution in [0.25, 0.3) is 22.2 Å². The SMILES string of the molecule is Cc1ccc(C#Cc2ccc(-c3cc(C(=O)NNC(=O)OC(C)(C)C)c4cnc(N)cc4n3)cc2)c(Cl)c1. The molecule has 0 aliphatic rings. The topological polar surface area (TPSA) is 119 Å². The highest BCUT2D eigenvalue weighted by Gasteiger charge is 2.19. The number of amides is 2. The van der Waals surface area contributed by atoms with Gasteiger partial charge < -0.3 is 10.5 Å². The van der Waals surface area contributed by atoms with Crippen LogP contribution in [0.3, 0.4) is 0 Å². The van der Waals surface area contributed by atoms with Gasteiger partial charge in [-0.15, -0.1) is 0 Å². The second-order valence-corrected chi connectivity index (χ2v) is 9.98. The maximum absolute atomic E-state index is 13.0. The molecule has 0 aliphatic carbocycles. The van der Waals surface area contributed by atoms with Gasteiger partial charge >= 0.3 is 6.09 Å². The van der Waals surface area contributed by atoms with Crippen molar-refractivity contribution in [1.82, 2.24) is 20.8 Å². The van der Waals surface area contributed by atoms with Gasteiger partial charge in [0, 0.05) is 34.3 Å². The number of halogens is 1. The molecule has 2 heterocycles. The number of rotatable bonds is 2. The Bertz CT molecular complexity index is 1600. The van der Waals surface area contributed by atoms with Crippen LogP contribution in [0.15, 0.2) is 60.8 Å². The first kappa shape index (κ1) is 26.5. The smallest absolute Gasteiger partial charge is 0.426 e. The van der Waals surface area contributed by atoms with Crippen LogP contribution in [0, 0.1) is 18.8 Å². The highest BCUT2D eigenvalue weighted by Crippen LogP contribution is 2.26. The molecule has 0 unspecified atom stereocenters. The zero-order chi connectivity index (χ0) is 27.4. The van der Waals surface area contributed by atoms with E-state index in [0.29, 0.717) is 21.6 Å². The molecule has 0 fully saturated rings. The van der Waals surface area contributed by atoms with E-state index in [0.717, 1.165) is 22.3 Å². The van der Waals surface area contributed by atoms with Gasteiger partial charge in [0.15, 0.2) is 0 Å². The second-order valence-electron chi connectivity index (χ2n) is 9.57. The lowest BCUT2D eigenvalue weighted by Gasteiger charge is -2.20. The van der Waals surface area contributed by atoms with Crippen molar-refractivity contribution in [2.75, 3.05) is 5.73 Å². The van der Waals surface area contributed by atoms with Crippen molar-refractivity contribution in [2.45, 2.75) is 33.3 Å². The number of nitrogens with zero attached hydrogens (tertiary/aromatic N) is 2. The lowest BCUT2D eigenvalue weighted by atomic mass is 10.0. The number of aryl methyl sites for hydroxylation is 1. The molecular weight excluding hydrogens is 502 g/mol. The first-order valence-corrected chi connectivity index (χ1v) is 12.1. The van der Waals surface area contributed by atoms with Crippen LogP contribution in [-0.2, 0) is 4.74 Å². The van der Waals surface area contributed by atoms with Crippen molar-refractivity contribution in [3.05, 3.63) is 88.1 Å². The summed E-state index contributed by atoms with van der Waals surface area (Å²) in [6.07, 6.45) is 0.689. The van der Waals surface area contributed by atoms with Crippen LogP contribution in [-0.4, -0.2) is 27.6 Å². The Labute approximate surface area is 225 Å². The third-order valence-corrected chi connectivity index (χ3v) is 5.60. The Hall–Kier alpha value is -4.61. The minimum absolute atomic E-state index is 0.256. The van der Waals surface area contributed by atoms with Gasteiger partial charge in [0.1, 0.15) is 11.4 Å². The van der Waals surface area contributed by atoms with E-state index in [2.05, 4.69) is 32.7 Å². The molecule has 2 aromatic heterocycles. The quantitative estimate of drug-likeness (QED) is 0.237. The van der Waals surface area contributed by atoms with Gasteiger partial charge in [-0.25, -0.2) is 20.2 Å². The largest absolute Gasteiger partial charge is 0.443 e. The number of hydrogen-bond acceptors (Lipinski definition) is 6. The number of pyridine rings is 2. The van der Waals surface area contributed by atoms with Gasteiger partial charge in [-0.1, -0.05) is 41.6 Å². The number of ether oxygens (including phenoxy) is 1. The zero-order valence-corrected chi connectivity index (χ0v) is 22.1. The number of carbonyl (C=O) groups excluding carboxylic acids is 2. The number of aromatic nitrogens is 2. The molecule has 4 N–H and O–H groups in total. The van der Waals surface area contributed by atoms with Crippen LogP contribution in [0.5, 0.6) is 0 Å². The van der Waals surface area contributed by atoms with Crippen molar-refractivity contribution in [3.8, 4) is 23.1 Å². The monoisotopic (exact) mass is 527 g/mol. The zero-order valence-electron chi connectivity index (χ0n) is 21.3. The summed E-state index contributed by atoms with van der Waals surface area (Å²) in [7, 11) is 0. The Morgan fingerprint density at radius 1 is 1.00 bits per heavy atom. The van der Waals surface area contributed by atoms with Gasteiger partial charge in [0.05, 0.1) is 21.8 Å². The van der Waals surface area contributed by atoms with Crippen LogP contribution < -0.4 is 16.6 Å². The molecule has 2 amide bonds. The van der Waals surface area contributed by atoms with E-state index in [4.69, 9.17) is 22.1 Å². The number of nitrogens with two attached hydrogens (primary N) is 1. The summed E-state index contributed by atoms with van der Waals surface area (Å²) in [4.78, 5) is 33.8. The number of benzene rings is 2. The lowest BCUT2D eigenvalue weighted by molar-refractivity contribution is 0.0483. The summed E-state index contributed by atoms with van der Waals surface area (Å²) >= 11 is 6.28. The van der Waals surface area contributed by atoms with Gasteiger partial charge in [-0.2, -0.15) is 0 Å². The Balaban J connectivity index is 1.62. The second kappa shape index (κ2) is 10.8. The summed E-state index contributed by atoms with van der Waals surface area (Å²) < 4.78 is 5.17. The number of nitrogen functional groups attached to an aromatic ring is 1. The first-order valence-electron chi connectivity index (χ1n) is 11.7. The molecule has 0 bridgehead atoms. The number of carbonyl (C=O) groups is 2. The molecule has 4 rings (SSSR count). The normalized spacial score (nSPS) is 10.9. The van der Waals surface area contributed by atoms with Crippen LogP contribution in [0.2, 0.25) is 5.02 Å². The van der Waals surface area contributed by atoms with Crippen LogP contribution >= 0.6 is 11.6 Å². The highest BCUT2D eigenvalue weighted by molar-refractivity contribution is 6.31. The third kappa shape index (κ3) is 6.58. The van der Waals surface area contributed by atoms with E-state index >= 15 is 0 Å². The van der Waals surface area contributed by atoms with Gasteiger partial charge in [0.25, 0.3) is 5.91 Å². The molecule has 0 spiro atoms.